The van der Waals surface area contributed by atoms with E-state index in [1.165, 1.54) is 12.1 Å². The van der Waals surface area contributed by atoms with E-state index in [2.05, 4.69) is 6.07 Å². The molecule has 0 saturated carbocycles. The van der Waals surface area contributed by atoms with E-state index in [1.807, 2.05) is 6.92 Å². The molecule has 0 atom stereocenters. The number of halogens is 1. The Morgan fingerprint density at radius 1 is 1.26 bits per heavy atom. The third-order valence-corrected chi connectivity index (χ3v) is 3.37. The van der Waals surface area contributed by atoms with Crippen LogP contribution in [-0.4, -0.2) is 17.7 Å². The Labute approximate surface area is 139 Å². The minimum atomic E-state index is -1.01. The molecule has 116 valence electrons. The summed E-state index contributed by atoms with van der Waals surface area (Å²) in [5, 5.41) is 18.9. The van der Waals surface area contributed by atoms with Crippen molar-refractivity contribution < 1.29 is 14.6 Å². The summed E-state index contributed by atoms with van der Waals surface area (Å²) in [6, 6.07) is 13.4. The van der Waals surface area contributed by atoms with E-state index in [-0.39, 0.29) is 5.56 Å². The number of hydrogen-bond donors (Lipinski definition) is 1. The van der Waals surface area contributed by atoms with Gasteiger partial charge in [0.1, 0.15) is 5.75 Å². The first-order valence-corrected chi connectivity index (χ1v) is 7.30. The Hall–Kier alpha value is -2.77. The number of nitrogens with zero attached hydrogens (tertiary/aromatic N) is 1. The second kappa shape index (κ2) is 7.48. The van der Waals surface area contributed by atoms with Gasteiger partial charge < -0.3 is 9.84 Å². The lowest BCUT2D eigenvalue weighted by atomic mass is 10.0. The molecule has 0 unspecified atom stereocenters. The van der Waals surface area contributed by atoms with Crippen molar-refractivity contribution in [1.82, 2.24) is 0 Å². The first kappa shape index (κ1) is 16.6. The fraction of sp³-hybridized carbons (Fsp3) is 0.111. The molecule has 2 rings (SSSR count). The molecule has 5 heteroatoms. The molecule has 23 heavy (non-hydrogen) atoms. The summed E-state index contributed by atoms with van der Waals surface area (Å²) in [6.07, 6.45) is 1.67. The molecular formula is C18H14ClNO3. The number of nitriles is 1. The van der Waals surface area contributed by atoms with Gasteiger partial charge in [0, 0.05) is 10.6 Å². The Kier molecular flexibility index (Phi) is 5.40. The van der Waals surface area contributed by atoms with Crippen LogP contribution in [0, 0.1) is 11.3 Å². The number of carboxylic acids is 1. The van der Waals surface area contributed by atoms with Crippen LogP contribution < -0.4 is 4.74 Å². The topological polar surface area (TPSA) is 70.3 Å². The van der Waals surface area contributed by atoms with Crippen molar-refractivity contribution in [2.24, 2.45) is 0 Å². The van der Waals surface area contributed by atoms with Crippen LogP contribution in [-0.2, 0) is 0 Å². The monoisotopic (exact) mass is 327 g/mol. The van der Waals surface area contributed by atoms with Crippen LogP contribution in [0.2, 0.25) is 5.02 Å². The molecule has 0 aliphatic rings. The standard InChI is InChI=1S/C18H14ClNO3/c1-2-23-17-8-7-16(19)10-14(17)9-15(11-20)12-3-5-13(6-4-12)18(21)22/h3-10H,2H2,1H3,(H,21,22)/b15-9+. The van der Waals surface area contributed by atoms with E-state index in [4.69, 9.17) is 21.4 Å². The third-order valence-electron chi connectivity index (χ3n) is 3.13. The van der Waals surface area contributed by atoms with Gasteiger partial charge in [-0.1, -0.05) is 23.7 Å². The lowest BCUT2D eigenvalue weighted by Gasteiger charge is -2.08. The van der Waals surface area contributed by atoms with E-state index in [9.17, 15) is 10.1 Å². The maximum atomic E-state index is 10.9. The normalized spacial score (nSPS) is 10.9. The van der Waals surface area contributed by atoms with E-state index in [0.29, 0.717) is 34.1 Å². The smallest absolute Gasteiger partial charge is 0.335 e. The largest absolute Gasteiger partial charge is 0.493 e. The fourth-order valence-electron chi connectivity index (χ4n) is 2.05. The Bertz CT molecular complexity index is 789. The number of benzene rings is 2. The predicted octanol–water partition coefficient (Wildman–Crippen LogP) is 4.50. The molecule has 2 aromatic rings. The van der Waals surface area contributed by atoms with Gasteiger partial charge in [-0.25, -0.2) is 4.79 Å². The summed E-state index contributed by atoms with van der Waals surface area (Å²) in [6.45, 7) is 2.37. The minimum Gasteiger partial charge on any atom is -0.493 e. The molecular weight excluding hydrogens is 314 g/mol. The highest BCUT2D eigenvalue weighted by Gasteiger charge is 2.08. The summed E-state index contributed by atoms with van der Waals surface area (Å²) >= 11 is 6.01. The van der Waals surface area contributed by atoms with Crippen LogP contribution in [0.15, 0.2) is 42.5 Å². The first-order valence-electron chi connectivity index (χ1n) is 6.93. The molecule has 0 amide bonds. The molecule has 0 heterocycles. The number of allylic oxidation sites excluding steroid dienone is 1. The van der Waals surface area contributed by atoms with Gasteiger partial charge in [-0.2, -0.15) is 5.26 Å². The molecule has 4 nitrogen and oxygen atoms in total. The lowest BCUT2D eigenvalue weighted by Crippen LogP contribution is -1.96. The quantitative estimate of drug-likeness (QED) is 0.648. The summed E-state index contributed by atoms with van der Waals surface area (Å²) in [5.74, 6) is -0.376. The average molecular weight is 328 g/mol. The molecule has 0 fully saturated rings. The Morgan fingerprint density at radius 3 is 2.48 bits per heavy atom. The highest BCUT2D eigenvalue weighted by atomic mass is 35.5. The van der Waals surface area contributed by atoms with E-state index < -0.39 is 5.97 Å². The lowest BCUT2D eigenvalue weighted by molar-refractivity contribution is 0.0697. The zero-order chi connectivity index (χ0) is 16.8. The summed E-state index contributed by atoms with van der Waals surface area (Å²) in [7, 11) is 0. The number of aromatic carboxylic acids is 1. The number of hydrogen-bond acceptors (Lipinski definition) is 3. The van der Waals surface area contributed by atoms with Gasteiger partial charge in [-0.05, 0) is 48.9 Å². The molecule has 0 radical (unpaired) electrons. The molecule has 2 aromatic carbocycles. The highest BCUT2D eigenvalue weighted by molar-refractivity contribution is 6.30. The van der Waals surface area contributed by atoms with Crippen LogP contribution in [0.5, 0.6) is 5.75 Å². The van der Waals surface area contributed by atoms with Crippen LogP contribution in [0.25, 0.3) is 11.6 Å². The van der Waals surface area contributed by atoms with Gasteiger partial charge in [-0.15, -0.1) is 0 Å². The molecule has 0 spiro atoms. The number of ether oxygens (including phenoxy) is 1. The van der Waals surface area contributed by atoms with Gasteiger partial charge >= 0.3 is 5.97 Å². The number of carboxylic acid groups (broad SMARTS) is 1. The van der Waals surface area contributed by atoms with Gasteiger partial charge in [0.25, 0.3) is 0 Å². The predicted molar refractivity (Wildman–Crippen MR) is 89.5 cm³/mol. The number of rotatable bonds is 5. The highest BCUT2D eigenvalue weighted by Crippen LogP contribution is 2.27. The van der Waals surface area contributed by atoms with E-state index in [0.717, 1.165) is 0 Å². The zero-order valence-corrected chi connectivity index (χ0v) is 13.2. The third kappa shape index (κ3) is 4.12. The average Bonchev–Trinajstić information content (AvgIpc) is 2.55. The van der Waals surface area contributed by atoms with Crippen LogP contribution in [0.4, 0.5) is 0 Å². The van der Waals surface area contributed by atoms with Crippen molar-refractivity contribution in [3.05, 3.63) is 64.2 Å². The van der Waals surface area contributed by atoms with Gasteiger partial charge in [0.2, 0.25) is 0 Å². The second-order valence-corrected chi connectivity index (χ2v) is 5.10. The Morgan fingerprint density at radius 2 is 1.91 bits per heavy atom. The Balaban J connectivity index is 2.45. The molecule has 0 bridgehead atoms. The molecule has 0 aliphatic heterocycles. The van der Waals surface area contributed by atoms with Gasteiger partial charge in [-0.3, -0.25) is 0 Å². The van der Waals surface area contributed by atoms with E-state index >= 15 is 0 Å². The van der Waals surface area contributed by atoms with Crippen LogP contribution in [0.3, 0.4) is 0 Å². The molecule has 0 saturated heterocycles. The maximum absolute atomic E-state index is 10.9. The second-order valence-electron chi connectivity index (χ2n) is 4.67. The van der Waals surface area contributed by atoms with E-state index in [1.54, 1.807) is 36.4 Å². The summed E-state index contributed by atoms with van der Waals surface area (Å²) in [4.78, 5) is 10.9. The first-order chi connectivity index (χ1) is 11.0. The SMILES string of the molecule is CCOc1ccc(Cl)cc1/C=C(\C#N)c1ccc(C(=O)O)cc1. The molecule has 0 aliphatic carbocycles. The summed E-state index contributed by atoms with van der Waals surface area (Å²) in [5.41, 5.74) is 1.88. The van der Waals surface area contributed by atoms with Crippen molar-refractivity contribution in [2.45, 2.75) is 6.92 Å². The van der Waals surface area contributed by atoms with Crippen molar-refractivity contribution >= 4 is 29.2 Å². The molecule has 1 N–H and O–H groups in total. The van der Waals surface area contributed by atoms with Crippen molar-refractivity contribution in [3.63, 3.8) is 0 Å². The number of carbonyl (C=O) groups is 1. The van der Waals surface area contributed by atoms with Crippen molar-refractivity contribution in [3.8, 4) is 11.8 Å². The van der Waals surface area contributed by atoms with Crippen molar-refractivity contribution in [2.75, 3.05) is 6.61 Å². The van der Waals surface area contributed by atoms with Crippen LogP contribution in [0.1, 0.15) is 28.4 Å². The minimum absolute atomic E-state index is 0.170. The molecule has 0 aromatic heterocycles. The summed E-state index contributed by atoms with van der Waals surface area (Å²) < 4.78 is 5.53. The van der Waals surface area contributed by atoms with Gasteiger partial charge in [0.05, 0.1) is 23.8 Å². The van der Waals surface area contributed by atoms with Crippen molar-refractivity contribution in [1.29, 1.82) is 5.26 Å². The zero-order valence-electron chi connectivity index (χ0n) is 12.4. The van der Waals surface area contributed by atoms with Crippen LogP contribution >= 0.6 is 11.6 Å². The maximum Gasteiger partial charge on any atom is 0.335 e. The van der Waals surface area contributed by atoms with Gasteiger partial charge in [0.15, 0.2) is 0 Å². The fourth-order valence-corrected chi connectivity index (χ4v) is 2.23.